The smallest absolute Gasteiger partial charge is 0.319 e. The lowest BCUT2D eigenvalue weighted by atomic mass is 10.4. The number of carbonyl (C=O) groups excluding carboxylic acids is 1. The van der Waals surface area contributed by atoms with Crippen molar-refractivity contribution in [3.63, 3.8) is 0 Å². The molecule has 0 spiro atoms. The molecule has 0 atom stereocenters. The predicted octanol–water partition coefficient (Wildman–Crippen LogP) is 1.06. The second-order valence-electron chi connectivity index (χ2n) is 3.92. The molecule has 0 radical (unpaired) electrons. The van der Waals surface area contributed by atoms with Crippen molar-refractivity contribution in [3.8, 4) is 0 Å². The van der Waals surface area contributed by atoms with E-state index >= 15 is 0 Å². The lowest BCUT2D eigenvalue weighted by Crippen LogP contribution is -2.31. The van der Waals surface area contributed by atoms with Crippen LogP contribution in [0, 0.1) is 0 Å². The molecule has 0 bridgehead atoms. The average Bonchev–Trinajstić information content (AvgIpc) is 2.93. The number of urea groups is 1. The van der Waals surface area contributed by atoms with E-state index in [4.69, 9.17) is 0 Å². The Morgan fingerprint density at radius 2 is 2.16 bits per heavy atom. The van der Waals surface area contributed by atoms with Crippen LogP contribution >= 0.6 is 0 Å². The van der Waals surface area contributed by atoms with E-state index in [1.54, 1.807) is 24.9 Å². The minimum absolute atomic E-state index is 0.270. The van der Waals surface area contributed by atoms with Crippen molar-refractivity contribution in [3.05, 3.63) is 36.9 Å². The zero-order chi connectivity index (χ0) is 13.5. The van der Waals surface area contributed by atoms with E-state index in [1.165, 1.54) is 0 Å². The van der Waals surface area contributed by atoms with Gasteiger partial charge in [-0.15, -0.1) is 0 Å². The summed E-state index contributed by atoms with van der Waals surface area (Å²) in [5, 5.41) is 5.42. The van der Waals surface area contributed by atoms with Gasteiger partial charge in [-0.2, -0.15) is 0 Å². The Hall–Kier alpha value is -2.44. The summed E-state index contributed by atoms with van der Waals surface area (Å²) < 4.78 is 1.89. The lowest BCUT2D eigenvalue weighted by molar-refractivity contribution is 0.251. The maximum atomic E-state index is 11.6. The Labute approximate surface area is 111 Å². The molecule has 0 aliphatic carbocycles. The van der Waals surface area contributed by atoms with Crippen LogP contribution in [0.1, 0.15) is 12.7 Å². The quantitative estimate of drug-likeness (QED) is 0.841. The number of aryl methyl sites for hydroxylation is 1. The van der Waals surface area contributed by atoms with Gasteiger partial charge in [0.2, 0.25) is 0 Å². The van der Waals surface area contributed by atoms with Crippen LogP contribution < -0.4 is 10.6 Å². The summed E-state index contributed by atoms with van der Waals surface area (Å²) >= 11 is 0. The van der Waals surface area contributed by atoms with Crippen molar-refractivity contribution < 1.29 is 4.79 Å². The van der Waals surface area contributed by atoms with E-state index in [0.717, 1.165) is 12.2 Å². The van der Waals surface area contributed by atoms with Gasteiger partial charge in [0.25, 0.3) is 0 Å². The van der Waals surface area contributed by atoms with E-state index in [0.29, 0.717) is 18.8 Å². The maximum Gasteiger partial charge on any atom is 0.319 e. The van der Waals surface area contributed by atoms with Gasteiger partial charge < -0.3 is 15.2 Å². The minimum atomic E-state index is -0.270. The number of nitrogens with one attached hydrogen (secondary N) is 2. The fourth-order valence-corrected chi connectivity index (χ4v) is 1.49. The van der Waals surface area contributed by atoms with Gasteiger partial charge in [-0.05, 0) is 0 Å². The molecule has 7 heteroatoms. The number of hydrogen-bond acceptors (Lipinski definition) is 4. The molecule has 0 aliphatic rings. The van der Waals surface area contributed by atoms with Crippen LogP contribution in [0.25, 0.3) is 0 Å². The first-order valence-electron chi connectivity index (χ1n) is 6.09. The number of nitrogens with zero attached hydrogens (tertiary/aromatic N) is 4. The van der Waals surface area contributed by atoms with E-state index < -0.39 is 0 Å². The fourth-order valence-electron chi connectivity index (χ4n) is 1.49. The Balaban J connectivity index is 1.74. The molecule has 19 heavy (non-hydrogen) atoms. The van der Waals surface area contributed by atoms with Crippen LogP contribution in [0.5, 0.6) is 0 Å². The lowest BCUT2D eigenvalue weighted by Gasteiger charge is -2.07. The van der Waals surface area contributed by atoms with Crippen LogP contribution in [0.15, 0.2) is 31.1 Å². The molecule has 2 aromatic heterocycles. The van der Waals surface area contributed by atoms with Crippen LogP contribution in [0.4, 0.5) is 10.5 Å². The van der Waals surface area contributed by atoms with Gasteiger partial charge in [0.1, 0.15) is 5.82 Å². The molecule has 2 N–H and O–H groups in total. The van der Waals surface area contributed by atoms with Gasteiger partial charge in [-0.3, -0.25) is 0 Å². The molecule has 0 fully saturated rings. The Morgan fingerprint density at radius 3 is 2.79 bits per heavy atom. The molecular weight excluding hydrogens is 244 g/mol. The molecule has 2 aromatic rings. The normalized spacial score (nSPS) is 10.2. The second-order valence-corrected chi connectivity index (χ2v) is 3.92. The van der Waals surface area contributed by atoms with Crippen molar-refractivity contribution in [2.45, 2.75) is 19.9 Å². The van der Waals surface area contributed by atoms with Crippen molar-refractivity contribution >= 4 is 11.7 Å². The molecule has 2 rings (SSSR count). The van der Waals surface area contributed by atoms with Gasteiger partial charge in [0.15, 0.2) is 0 Å². The van der Waals surface area contributed by atoms with E-state index in [2.05, 4.69) is 25.6 Å². The third-order valence-corrected chi connectivity index (χ3v) is 2.49. The highest BCUT2D eigenvalue weighted by atomic mass is 16.2. The molecule has 2 amide bonds. The molecule has 0 unspecified atom stereocenters. The highest BCUT2D eigenvalue weighted by molar-refractivity contribution is 5.88. The number of imidazole rings is 1. The maximum absolute atomic E-state index is 11.6. The summed E-state index contributed by atoms with van der Waals surface area (Å²) in [7, 11) is 0. The summed E-state index contributed by atoms with van der Waals surface area (Å²) in [5.74, 6) is 0.756. The summed E-state index contributed by atoms with van der Waals surface area (Å²) in [6.45, 7) is 3.18. The molecule has 100 valence electrons. The fraction of sp³-hybridized carbons (Fsp3) is 0.333. The van der Waals surface area contributed by atoms with Crippen LogP contribution in [-0.2, 0) is 13.0 Å². The van der Waals surface area contributed by atoms with Gasteiger partial charge in [-0.1, -0.05) is 6.92 Å². The third-order valence-electron chi connectivity index (χ3n) is 2.49. The van der Waals surface area contributed by atoms with Gasteiger partial charge in [0.05, 0.1) is 24.4 Å². The van der Waals surface area contributed by atoms with Crippen molar-refractivity contribution in [1.29, 1.82) is 0 Å². The summed E-state index contributed by atoms with van der Waals surface area (Å²) in [6.07, 6.45) is 9.22. The SMILES string of the molecule is CCc1ncc(NC(=O)NCCn2ccnc2)cn1. The zero-order valence-corrected chi connectivity index (χ0v) is 10.7. The Morgan fingerprint density at radius 1 is 1.37 bits per heavy atom. The zero-order valence-electron chi connectivity index (χ0n) is 10.7. The number of aromatic nitrogens is 4. The van der Waals surface area contributed by atoms with E-state index in [-0.39, 0.29) is 6.03 Å². The molecule has 0 aromatic carbocycles. The number of rotatable bonds is 5. The van der Waals surface area contributed by atoms with Crippen LogP contribution in [-0.4, -0.2) is 32.1 Å². The summed E-state index contributed by atoms with van der Waals surface area (Å²) in [5.41, 5.74) is 0.581. The van der Waals surface area contributed by atoms with Crippen LogP contribution in [0.2, 0.25) is 0 Å². The van der Waals surface area contributed by atoms with Gasteiger partial charge >= 0.3 is 6.03 Å². The molecule has 0 saturated carbocycles. The number of amides is 2. The van der Waals surface area contributed by atoms with Crippen LogP contribution in [0.3, 0.4) is 0 Å². The largest absolute Gasteiger partial charge is 0.336 e. The predicted molar refractivity (Wildman–Crippen MR) is 70.7 cm³/mol. The first kappa shape index (κ1) is 13.0. The highest BCUT2D eigenvalue weighted by Gasteiger charge is 2.02. The first-order chi connectivity index (χ1) is 9.28. The van der Waals surface area contributed by atoms with Gasteiger partial charge in [0, 0.05) is 31.9 Å². The monoisotopic (exact) mass is 260 g/mol. The number of carbonyl (C=O) groups is 1. The van der Waals surface area contributed by atoms with Gasteiger partial charge in [-0.25, -0.2) is 19.7 Å². The minimum Gasteiger partial charge on any atom is -0.336 e. The molecular formula is C12H16N6O. The first-order valence-corrected chi connectivity index (χ1v) is 6.09. The molecule has 0 saturated heterocycles. The Bertz CT molecular complexity index is 508. The summed E-state index contributed by atoms with van der Waals surface area (Å²) in [4.78, 5) is 23.7. The number of hydrogen-bond donors (Lipinski definition) is 2. The molecule has 7 nitrogen and oxygen atoms in total. The van der Waals surface area contributed by atoms with Crippen molar-refractivity contribution in [2.24, 2.45) is 0 Å². The topological polar surface area (TPSA) is 84.7 Å². The number of anilines is 1. The second kappa shape index (κ2) is 6.48. The van der Waals surface area contributed by atoms with Crippen molar-refractivity contribution in [2.75, 3.05) is 11.9 Å². The highest BCUT2D eigenvalue weighted by Crippen LogP contribution is 2.02. The molecule has 0 aliphatic heterocycles. The average molecular weight is 260 g/mol. The van der Waals surface area contributed by atoms with Crippen molar-refractivity contribution in [1.82, 2.24) is 24.8 Å². The summed E-state index contributed by atoms with van der Waals surface area (Å²) in [6, 6.07) is -0.270. The Kier molecular flexibility index (Phi) is 4.44. The van der Waals surface area contributed by atoms with E-state index in [1.807, 2.05) is 17.7 Å². The third kappa shape index (κ3) is 4.06. The standard InChI is InChI=1S/C12H16N6O/c1-2-11-15-7-10(8-16-11)17-12(19)14-4-6-18-5-3-13-9-18/h3,5,7-9H,2,4,6H2,1H3,(H2,14,17,19). The molecule has 2 heterocycles. The van der Waals surface area contributed by atoms with E-state index in [9.17, 15) is 4.79 Å².